The molecule has 4 nitrogen and oxygen atoms in total. The van der Waals surface area contributed by atoms with Gasteiger partial charge in [0.05, 0.1) is 21.7 Å². The number of carbonyl (C=O) groups is 1. The van der Waals surface area contributed by atoms with Crippen molar-refractivity contribution in [2.45, 2.75) is 19.4 Å². The van der Waals surface area contributed by atoms with E-state index in [1.165, 1.54) is 0 Å². The van der Waals surface area contributed by atoms with Gasteiger partial charge in [-0.2, -0.15) is 0 Å². The van der Waals surface area contributed by atoms with Gasteiger partial charge in [0.25, 0.3) is 5.91 Å². The Morgan fingerprint density at radius 2 is 2.21 bits per heavy atom. The van der Waals surface area contributed by atoms with Gasteiger partial charge < -0.3 is 10.1 Å². The van der Waals surface area contributed by atoms with Crippen LogP contribution in [0.4, 0.5) is 0 Å². The number of thiophene rings is 1. The molecule has 1 aromatic rings. The van der Waals surface area contributed by atoms with E-state index in [2.05, 4.69) is 46.7 Å². The minimum absolute atomic E-state index is 0.0144. The van der Waals surface area contributed by atoms with Crippen LogP contribution in [0.3, 0.4) is 0 Å². The molecule has 2 rings (SSSR count). The third-order valence-electron chi connectivity index (χ3n) is 3.38. The summed E-state index contributed by atoms with van der Waals surface area (Å²) in [5, 5.41) is 4.93. The van der Waals surface area contributed by atoms with E-state index in [1.54, 1.807) is 11.3 Å². The summed E-state index contributed by atoms with van der Waals surface area (Å²) in [6, 6.07) is 1.92. The lowest BCUT2D eigenvalue weighted by Crippen LogP contribution is -2.55. The molecule has 0 atom stereocenters. The van der Waals surface area contributed by atoms with E-state index in [0.29, 0.717) is 6.54 Å². The number of nitrogens with zero attached hydrogens (tertiary/aromatic N) is 1. The number of nitrogens with one attached hydrogen (secondary N) is 1. The van der Waals surface area contributed by atoms with Gasteiger partial charge in [-0.3, -0.25) is 9.69 Å². The number of hydrogen-bond acceptors (Lipinski definition) is 4. The monoisotopic (exact) mass is 394 g/mol. The van der Waals surface area contributed by atoms with Crippen LogP contribution in [0.25, 0.3) is 0 Å². The SMILES string of the molecule is CC(C)(CNC(=O)c1csc(I)c1)N1CCOCC1. The number of rotatable bonds is 4. The lowest BCUT2D eigenvalue weighted by Gasteiger charge is -2.40. The van der Waals surface area contributed by atoms with Gasteiger partial charge in [-0.05, 0) is 42.5 Å². The number of carbonyl (C=O) groups excluding carboxylic acids is 1. The van der Waals surface area contributed by atoms with Crippen molar-refractivity contribution in [1.82, 2.24) is 10.2 Å². The molecule has 0 aliphatic carbocycles. The molecule has 0 unspecified atom stereocenters. The summed E-state index contributed by atoms with van der Waals surface area (Å²) in [6.45, 7) is 8.39. The Kier molecular flexibility index (Phi) is 5.22. The van der Waals surface area contributed by atoms with E-state index >= 15 is 0 Å². The summed E-state index contributed by atoms with van der Waals surface area (Å²) in [7, 11) is 0. The molecule has 0 aromatic carbocycles. The first kappa shape index (κ1) is 15.2. The van der Waals surface area contributed by atoms with Crippen LogP contribution in [0.5, 0.6) is 0 Å². The van der Waals surface area contributed by atoms with Crippen molar-refractivity contribution in [3.63, 3.8) is 0 Å². The first-order valence-corrected chi connectivity index (χ1v) is 8.30. The van der Waals surface area contributed by atoms with Crippen molar-refractivity contribution in [2.75, 3.05) is 32.8 Å². The molecule has 1 fully saturated rings. The van der Waals surface area contributed by atoms with Crippen LogP contribution in [0.2, 0.25) is 0 Å². The third kappa shape index (κ3) is 4.14. The van der Waals surface area contributed by atoms with Gasteiger partial charge in [0.2, 0.25) is 0 Å². The third-order valence-corrected chi connectivity index (χ3v) is 5.17. The number of amides is 1. The first-order valence-electron chi connectivity index (χ1n) is 6.34. The molecule has 106 valence electrons. The van der Waals surface area contributed by atoms with Crippen molar-refractivity contribution >= 4 is 39.8 Å². The topological polar surface area (TPSA) is 41.6 Å². The fourth-order valence-corrected chi connectivity index (χ4v) is 3.43. The van der Waals surface area contributed by atoms with Crippen molar-refractivity contribution in [1.29, 1.82) is 0 Å². The lowest BCUT2D eigenvalue weighted by atomic mass is 10.0. The summed E-state index contributed by atoms with van der Waals surface area (Å²) >= 11 is 3.82. The summed E-state index contributed by atoms with van der Waals surface area (Å²) in [4.78, 5) is 14.4. The Balaban J connectivity index is 1.88. The molecule has 1 amide bonds. The zero-order chi connectivity index (χ0) is 13.9. The maximum absolute atomic E-state index is 12.0. The highest BCUT2D eigenvalue weighted by Crippen LogP contribution is 2.18. The largest absolute Gasteiger partial charge is 0.379 e. The van der Waals surface area contributed by atoms with Gasteiger partial charge in [0, 0.05) is 30.6 Å². The average Bonchev–Trinajstić information content (AvgIpc) is 2.84. The first-order chi connectivity index (χ1) is 8.99. The van der Waals surface area contributed by atoms with E-state index in [0.717, 1.165) is 34.8 Å². The van der Waals surface area contributed by atoms with Crippen LogP contribution in [-0.4, -0.2) is 49.2 Å². The van der Waals surface area contributed by atoms with E-state index < -0.39 is 0 Å². The Bertz CT molecular complexity index is 442. The predicted octanol–water partition coefficient (Wildman–Crippen LogP) is 2.19. The molecule has 1 aliphatic heterocycles. The quantitative estimate of drug-likeness (QED) is 0.797. The van der Waals surface area contributed by atoms with Crippen molar-refractivity contribution < 1.29 is 9.53 Å². The minimum Gasteiger partial charge on any atom is -0.379 e. The molecule has 0 bridgehead atoms. The molecule has 1 aliphatic rings. The second-order valence-corrected chi connectivity index (χ2v) is 8.04. The van der Waals surface area contributed by atoms with Crippen LogP contribution in [-0.2, 0) is 4.74 Å². The van der Waals surface area contributed by atoms with Gasteiger partial charge in [-0.1, -0.05) is 0 Å². The zero-order valence-electron chi connectivity index (χ0n) is 11.2. The number of morpholine rings is 1. The van der Waals surface area contributed by atoms with Gasteiger partial charge >= 0.3 is 0 Å². The lowest BCUT2D eigenvalue weighted by molar-refractivity contribution is -0.00923. The molecule has 1 N–H and O–H groups in total. The Labute approximate surface area is 131 Å². The van der Waals surface area contributed by atoms with Gasteiger partial charge in [-0.15, -0.1) is 11.3 Å². The summed E-state index contributed by atoms with van der Waals surface area (Å²) in [5.41, 5.74) is 0.718. The maximum atomic E-state index is 12.0. The summed E-state index contributed by atoms with van der Waals surface area (Å²) < 4.78 is 6.50. The maximum Gasteiger partial charge on any atom is 0.252 e. The molecule has 6 heteroatoms. The molecule has 2 heterocycles. The Morgan fingerprint density at radius 3 is 2.79 bits per heavy atom. The van der Waals surface area contributed by atoms with E-state index in [4.69, 9.17) is 4.74 Å². The molecule has 1 saturated heterocycles. The minimum atomic E-state index is -0.0391. The van der Waals surface area contributed by atoms with Crippen molar-refractivity contribution in [2.24, 2.45) is 0 Å². The molecule has 0 radical (unpaired) electrons. The molecule has 19 heavy (non-hydrogen) atoms. The average molecular weight is 394 g/mol. The molecular weight excluding hydrogens is 375 g/mol. The fourth-order valence-electron chi connectivity index (χ4n) is 2.11. The van der Waals surface area contributed by atoms with Crippen LogP contribution in [0.15, 0.2) is 11.4 Å². The van der Waals surface area contributed by atoms with Gasteiger partial charge in [0.15, 0.2) is 0 Å². The van der Waals surface area contributed by atoms with Crippen molar-refractivity contribution in [3.8, 4) is 0 Å². The van der Waals surface area contributed by atoms with E-state index in [9.17, 15) is 4.79 Å². The van der Waals surface area contributed by atoms with E-state index in [1.807, 2.05) is 11.4 Å². The normalized spacial score (nSPS) is 17.4. The van der Waals surface area contributed by atoms with Crippen LogP contribution in [0.1, 0.15) is 24.2 Å². The van der Waals surface area contributed by atoms with Crippen molar-refractivity contribution in [3.05, 3.63) is 19.9 Å². The number of halogens is 1. The number of hydrogen-bond donors (Lipinski definition) is 1. The van der Waals surface area contributed by atoms with Crippen LogP contribution < -0.4 is 5.32 Å². The standard InChI is InChI=1S/C13H19IN2O2S/c1-13(2,16-3-5-18-6-4-16)9-15-12(17)10-7-11(14)19-8-10/h7-8H,3-6,9H2,1-2H3,(H,15,17). The molecular formula is C13H19IN2O2S. The van der Waals surface area contributed by atoms with E-state index in [-0.39, 0.29) is 11.4 Å². The Morgan fingerprint density at radius 1 is 1.53 bits per heavy atom. The predicted molar refractivity (Wildman–Crippen MR) is 85.8 cm³/mol. The summed E-state index contributed by atoms with van der Waals surface area (Å²) in [6.07, 6.45) is 0. The molecule has 0 saturated carbocycles. The van der Waals surface area contributed by atoms with Gasteiger partial charge in [-0.25, -0.2) is 0 Å². The zero-order valence-corrected chi connectivity index (χ0v) is 14.2. The molecule has 1 aromatic heterocycles. The highest BCUT2D eigenvalue weighted by molar-refractivity contribution is 14.1. The van der Waals surface area contributed by atoms with Crippen LogP contribution in [0, 0.1) is 2.88 Å². The second-order valence-electron chi connectivity index (χ2n) is 5.23. The van der Waals surface area contributed by atoms with Gasteiger partial charge in [0.1, 0.15) is 0 Å². The highest BCUT2D eigenvalue weighted by atomic mass is 127. The smallest absolute Gasteiger partial charge is 0.252 e. The number of ether oxygens (including phenoxy) is 1. The fraction of sp³-hybridized carbons (Fsp3) is 0.615. The van der Waals surface area contributed by atoms with Crippen LogP contribution >= 0.6 is 33.9 Å². The second kappa shape index (κ2) is 6.51. The Hall–Kier alpha value is -0.180. The molecule has 0 spiro atoms. The highest BCUT2D eigenvalue weighted by Gasteiger charge is 2.28. The summed E-state index contributed by atoms with van der Waals surface area (Å²) in [5.74, 6) is 0.0144.